The molecule has 1 unspecified atom stereocenters. The van der Waals surface area contributed by atoms with Crippen molar-refractivity contribution in [1.29, 1.82) is 5.26 Å². The molecule has 3 heteroatoms. The van der Waals surface area contributed by atoms with Crippen LogP contribution in [0, 0.1) is 11.3 Å². The van der Waals surface area contributed by atoms with E-state index in [-0.39, 0.29) is 11.6 Å². The number of nitriles is 1. The van der Waals surface area contributed by atoms with Gasteiger partial charge in [-0.2, -0.15) is 17.0 Å². The molecule has 0 aliphatic carbocycles. The minimum atomic E-state index is -0.0186. The highest BCUT2D eigenvalue weighted by molar-refractivity contribution is 7.99. The Bertz CT molecular complexity index is 155. The lowest BCUT2D eigenvalue weighted by atomic mass is 10.1. The summed E-state index contributed by atoms with van der Waals surface area (Å²) in [4.78, 5) is 0. The van der Waals surface area contributed by atoms with Gasteiger partial charge in [-0.25, -0.2) is 0 Å². The van der Waals surface area contributed by atoms with Crippen molar-refractivity contribution < 1.29 is 0 Å². The van der Waals surface area contributed by atoms with Gasteiger partial charge < -0.3 is 0 Å². The molecule has 0 radical (unpaired) electrons. The molecule has 0 aromatic rings. The Hall–Kier alpha value is -0.200. The largest absolute Gasteiger partial charge is 0.296 e. The van der Waals surface area contributed by atoms with Gasteiger partial charge in [-0.3, -0.25) is 5.32 Å². The summed E-state index contributed by atoms with van der Waals surface area (Å²) in [6.45, 7) is 8.34. The van der Waals surface area contributed by atoms with Crippen LogP contribution in [0.15, 0.2) is 0 Å². The molecule has 0 aromatic heterocycles. The first kappa shape index (κ1) is 11.8. The van der Waals surface area contributed by atoms with Crippen LogP contribution in [0.5, 0.6) is 0 Å². The zero-order valence-corrected chi connectivity index (χ0v) is 9.16. The monoisotopic (exact) mass is 186 g/mol. The van der Waals surface area contributed by atoms with Gasteiger partial charge in [0, 0.05) is 11.3 Å². The van der Waals surface area contributed by atoms with E-state index in [2.05, 4.69) is 39.1 Å². The van der Waals surface area contributed by atoms with Crippen molar-refractivity contribution >= 4 is 11.8 Å². The van der Waals surface area contributed by atoms with Gasteiger partial charge in [-0.15, -0.1) is 0 Å². The maximum atomic E-state index is 8.79. The fourth-order valence-electron chi connectivity index (χ4n) is 0.870. The fraction of sp³-hybridized carbons (Fsp3) is 0.889. The predicted octanol–water partition coefficient (Wildman–Crippen LogP) is 2.02. The van der Waals surface area contributed by atoms with Crippen molar-refractivity contribution in [1.82, 2.24) is 5.32 Å². The molecule has 0 rings (SSSR count). The molecule has 1 atom stereocenters. The van der Waals surface area contributed by atoms with Crippen molar-refractivity contribution in [2.75, 3.05) is 11.5 Å². The first-order valence-corrected chi connectivity index (χ1v) is 5.40. The van der Waals surface area contributed by atoms with E-state index in [0.717, 1.165) is 11.5 Å². The number of nitrogens with one attached hydrogen (secondary N) is 1. The summed E-state index contributed by atoms with van der Waals surface area (Å²) in [5.74, 6) is 1.95. The molecule has 0 spiro atoms. The molecule has 0 amide bonds. The summed E-state index contributed by atoms with van der Waals surface area (Å²) in [6.07, 6.45) is 0. The van der Waals surface area contributed by atoms with E-state index in [1.165, 1.54) is 0 Å². The Morgan fingerprint density at radius 3 is 2.42 bits per heavy atom. The van der Waals surface area contributed by atoms with Crippen LogP contribution >= 0.6 is 11.8 Å². The lowest BCUT2D eigenvalue weighted by Crippen LogP contribution is -2.44. The summed E-state index contributed by atoms with van der Waals surface area (Å²) >= 11 is 1.80. The van der Waals surface area contributed by atoms with Crippen LogP contribution in [-0.4, -0.2) is 23.1 Å². The van der Waals surface area contributed by atoms with Crippen molar-refractivity contribution in [2.45, 2.75) is 39.3 Å². The first-order chi connectivity index (χ1) is 5.49. The minimum Gasteiger partial charge on any atom is -0.296 e. The first-order valence-electron chi connectivity index (χ1n) is 4.24. The third-order valence-corrected chi connectivity index (χ3v) is 2.23. The van der Waals surface area contributed by atoms with E-state index in [4.69, 9.17) is 5.26 Å². The molecule has 70 valence electrons. The van der Waals surface area contributed by atoms with Crippen molar-refractivity contribution in [3.8, 4) is 6.07 Å². The zero-order chi connectivity index (χ0) is 9.61. The Morgan fingerprint density at radius 2 is 2.08 bits per heavy atom. The van der Waals surface area contributed by atoms with Gasteiger partial charge in [0.2, 0.25) is 0 Å². The van der Waals surface area contributed by atoms with Gasteiger partial charge in [0.25, 0.3) is 0 Å². The maximum absolute atomic E-state index is 8.79. The van der Waals surface area contributed by atoms with Crippen LogP contribution in [0.4, 0.5) is 0 Å². The van der Waals surface area contributed by atoms with E-state index in [0.29, 0.717) is 0 Å². The van der Waals surface area contributed by atoms with Crippen LogP contribution in [-0.2, 0) is 0 Å². The van der Waals surface area contributed by atoms with Gasteiger partial charge in [-0.05, 0) is 26.5 Å². The molecular formula is C9H18N2S. The summed E-state index contributed by atoms with van der Waals surface area (Å²) in [7, 11) is 0. The summed E-state index contributed by atoms with van der Waals surface area (Å²) < 4.78 is 0. The molecule has 0 heterocycles. The van der Waals surface area contributed by atoms with Crippen LogP contribution < -0.4 is 5.32 Å². The molecular weight excluding hydrogens is 168 g/mol. The average molecular weight is 186 g/mol. The summed E-state index contributed by atoms with van der Waals surface area (Å²) in [6, 6.07) is 2.24. The quantitative estimate of drug-likeness (QED) is 0.729. The topological polar surface area (TPSA) is 35.8 Å². The Morgan fingerprint density at radius 1 is 1.50 bits per heavy atom. The SMILES string of the molecule is CCSCC(C#N)NC(C)(C)C. The van der Waals surface area contributed by atoms with E-state index >= 15 is 0 Å². The van der Waals surface area contributed by atoms with Crippen LogP contribution in [0.3, 0.4) is 0 Å². The second kappa shape index (κ2) is 5.45. The minimum absolute atomic E-state index is 0.0186. The van der Waals surface area contributed by atoms with E-state index < -0.39 is 0 Å². The number of rotatable bonds is 4. The maximum Gasteiger partial charge on any atom is 0.105 e. The summed E-state index contributed by atoms with van der Waals surface area (Å²) in [5.41, 5.74) is 0.0364. The van der Waals surface area contributed by atoms with E-state index in [9.17, 15) is 0 Å². The molecule has 0 saturated heterocycles. The van der Waals surface area contributed by atoms with Crippen LogP contribution in [0.25, 0.3) is 0 Å². The Balaban J connectivity index is 3.78. The van der Waals surface area contributed by atoms with Gasteiger partial charge in [0.05, 0.1) is 6.07 Å². The third kappa shape index (κ3) is 6.51. The standard InChI is InChI=1S/C9H18N2S/c1-5-12-7-8(6-10)11-9(2,3)4/h8,11H,5,7H2,1-4H3. The molecule has 0 aliphatic rings. The van der Waals surface area contributed by atoms with Crippen LogP contribution in [0.2, 0.25) is 0 Å². The van der Waals surface area contributed by atoms with Crippen molar-refractivity contribution in [3.63, 3.8) is 0 Å². The predicted molar refractivity (Wildman–Crippen MR) is 55.3 cm³/mol. The van der Waals surface area contributed by atoms with Crippen molar-refractivity contribution in [2.24, 2.45) is 0 Å². The third-order valence-electron chi connectivity index (χ3n) is 1.25. The number of hydrogen-bond acceptors (Lipinski definition) is 3. The molecule has 0 aliphatic heterocycles. The lowest BCUT2D eigenvalue weighted by molar-refractivity contribution is 0.410. The second-order valence-corrected chi connectivity index (χ2v) is 5.05. The zero-order valence-electron chi connectivity index (χ0n) is 8.35. The molecule has 0 fully saturated rings. The van der Waals surface area contributed by atoms with Gasteiger partial charge >= 0.3 is 0 Å². The lowest BCUT2D eigenvalue weighted by Gasteiger charge is -2.23. The van der Waals surface area contributed by atoms with Gasteiger partial charge in [0.1, 0.15) is 6.04 Å². The molecule has 1 N–H and O–H groups in total. The fourth-order valence-corrected chi connectivity index (χ4v) is 1.50. The van der Waals surface area contributed by atoms with Crippen LogP contribution in [0.1, 0.15) is 27.7 Å². The van der Waals surface area contributed by atoms with E-state index in [1.54, 1.807) is 11.8 Å². The highest BCUT2D eigenvalue weighted by Crippen LogP contribution is 2.06. The molecule has 0 aromatic carbocycles. The molecule has 0 saturated carbocycles. The average Bonchev–Trinajstić information content (AvgIpc) is 1.95. The Kier molecular flexibility index (Phi) is 5.36. The van der Waals surface area contributed by atoms with E-state index in [1.807, 2.05) is 0 Å². The summed E-state index contributed by atoms with van der Waals surface area (Å²) in [5, 5.41) is 12.0. The molecule has 12 heavy (non-hydrogen) atoms. The second-order valence-electron chi connectivity index (χ2n) is 3.74. The highest BCUT2D eigenvalue weighted by atomic mass is 32.2. The van der Waals surface area contributed by atoms with Gasteiger partial charge in [-0.1, -0.05) is 6.92 Å². The number of nitrogens with zero attached hydrogens (tertiary/aromatic N) is 1. The smallest absolute Gasteiger partial charge is 0.105 e. The molecule has 2 nitrogen and oxygen atoms in total. The number of hydrogen-bond donors (Lipinski definition) is 1. The Labute approximate surface area is 79.7 Å². The number of thioether (sulfide) groups is 1. The normalized spacial score (nSPS) is 13.9. The molecule has 0 bridgehead atoms. The van der Waals surface area contributed by atoms with Gasteiger partial charge in [0.15, 0.2) is 0 Å². The van der Waals surface area contributed by atoms with Crippen molar-refractivity contribution in [3.05, 3.63) is 0 Å². The highest BCUT2D eigenvalue weighted by Gasteiger charge is 2.15.